The highest BCUT2D eigenvalue weighted by Crippen LogP contribution is 2.33. The van der Waals surface area contributed by atoms with Gasteiger partial charge in [-0.15, -0.1) is 0 Å². The first kappa shape index (κ1) is 17.9. The number of esters is 2. The minimum Gasteiger partial charge on any atom is -0.464 e. The maximum atomic E-state index is 14.3. The average molecular weight is 303 g/mol. The number of hydrogen-bond donors (Lipinski definition) is 0. The van der Waals surface area contributed by atoms with E-state index in [1.165, 1.54) is 0 Å². The minimum absolute atomic E-state index is 0.164. The summed E-state index contributed by atoms with van der Waals surface area (Å²) in [5.41, 5.74) is -0.449. The van der Waals surface area contributed by atoms with E-state index < -0.39 is 17.9 Å². The molecule has 0 N–H and O–H groups in total. The van der Waals surface area contributed by atoms with E-state index in [2.05, 4.69) is 0 Å². The summed E-state index contributed by atoms with van der Waals surface area (Å²) >= 11 is 0. The second-order valence-electron chi connectivity index (χ2n) is 5.92. The molecule has 1 saturated heterocycles. The van der Waals surface area contributed by atoms with Gasteiger partial charge in [0.2, 0.25) is 0 Å². The van der Waals surface area contributed by atoms with E-state index >= 15 is 0 Å². The number of halogens is 1. The molecule has 0 saturated carbocycles. The summed E-state index contributed by atoms with van der Waals surface area (Å²) in [6.45, 7) is 7.78. The summed E-state index contributed by atoms with van der Waals surface area (Å²) in [5, 5.41) is 0. The number of alkyl halides is 1. The Labute approximate surface area is 125 Å². The van der Waals surface area contributed by atoms with Gasteiger partial charge in [0.15, 0.2) is 6.30 Å². The largest absolute Gasteiger partial charge is 0.464 e. The zero-order valence-corrected chi connectivity index (χ0v) is 13.4. The lowest BCUT2D eigenvalue weighted by atomic mass is 9.87. The molecule has 1 rings (SSSR count). The molecule has 0 amide bonds. The van der Waals surface area contributed by atoms with Crippen LogP contribution in [0.3, 0.4) is 0 Å². The molecule has 1 aliphatic heterocycles. The fraction of sp³-hybridized carbons (Fsp3) is 0.867. The summed E-state index contributed by atoms with van der Waals surface area (Å²) in [4.78, 5) is 24.1. The highest BCUT2D eigenvalue weighted by atomic mass is 19.1. The van der Waals surface area contributed by atoms with E-state index in [1.54, 1.807) is 18.7 Å². The van der Waals surface area contributed by atoms with Gasteiger partial charge >= 0.3 is 11.9 Å². The predicted molar refractivity (Wildman–Crippen MR) is 76.3 cm³/mol. The molecule has 0 bridgehead atoms. The van der Waals surface area contributed by atoms with Gasteiger partial charge in [0.1, 0.15) is 12.7 Å². The van der Waals surface area contributed by atoms with Crippen molar-refractivity contribution in [2.24, 2.45) is 0 Å². The van der Waals surface area contributed by atoms with Crippen LogP contribution in [0.25, 0.3) is 0 Å². The Morgan fingerprint density at radius 3 is 2.38 bits per heavy atom. The average Bonchev–Trinajstić information content (AvgIpc) is 2.40. The Morgan fingerprint density at radius 1 is 1.24 bits per heavy atom. The predicted octanol–water partition coefficient (Wildman–Crippen LogP) is 2.43. The van der Waals surface area contributed by atoms with Crippen molar-refractivity contribution in [2.75, 3.05) is 13.2 Å². The van der Waals surface area contributed by atoms with Crippen LogP contribution in [0, 0.1) is 0 Å². The van der Waals surface area contributed by atoms with E-state index in [0.29, 0.717) is 25.8 Å². The van der Waals surface area contributed by atoms with Crippen molar-refractivity contribution in [3.63, 3.8) is 0 Å². The fourth-order valence-corrected chi connectivity index (χ4v) is 2.64. The van der Waals surface area contributed by atoms with Crippen LogP contribution in [0.15, 0.2) is 0 Å². The zero-order valence-electron chi connectivity index (χ0n) is 13.4. The number of likely N-dealkylation sites (tertiary alicyclic amines) is 1. The lowest BCUT2D eigenvalue weighted by molar-refractivity contribution is -0.163. The lowest BCUT2D eigenvalue weighted by Crippen LogP contribution is -2.56. The number of ether oxygens (including phenoxy) is 2. The van der Waals surface area contributed by atoms with E-state index in [-0.39, 0.29) is 25.0 Å². The monoisotopic (exact) mass is 303 g/mol. The van der Waals surface area contributed by atoms with Gasteiger partial charge in [-0.25, -0.2) is 4.39 Å². The summed E-state index contributed by atoms with van der Waals surface area (Å²) in [6.07, 6.45) is -0.250. The second kappa shape index (κ2) is 7.73. The van der Waals surface area contributed by atoms with Crippen LogP contribution in [0.2, 0.25) is 0 Å². The van der Waals surface area contributed by atoms with E-state index in [4.69, 9.17) is 9.47 Å². The maximum absolute atomic E-state index is 14.3. The molecule has 1 fully saturated rings. The molecular formula is C15H26FNO4. The number of carbonyl (C=O) groups is 2. The first-order valence-electron chi connectivity index (χ1n) is 7.56. The molecule has 0 aromatic heterocycles. The van der Waals surface area contributed by atoms with Gasteiger partial charge < -0.3 is 9.47 Å². The smallest absolute Gasteiger partial charge is 0.305 e. The Hall–Kier alpha value is -1.17. The van der Waals surface area contributed by atoms with Crippen LogP contribution >= 0.6 is 0 Å². The molecule has 0 spiro atoms. The van der Waals surface area contributed by atoms with Crippen molar-refractivity contribution >= 4 is 11.9 Å². The third-order valence-corrected chi connectivity index (χ3v) is 3.77. The molecular weight excluding hydrogens is 277 g/mol. The van der Waals surface area contributed by atoms with Gasteiger partial charge in [-0.3, -0.25) is 14.5 Å². The SMILES string of the molecule is CCC(=O)OCCN1C(F)CC(OC(=O)CC)CC1(C)C. The van der Waals surface area contributed by atoms with Crippen molar-refractivity contribution in [1.82, 2.24) is 4.90 Å². The number of piperidine rings is 1. The van der Waals surface area contributed by atoms with E-state index in [1.807, 2.05) is 13.8 Å². The number of rotatable bonds is 6. The highest BCUT2D eigenvalue weighted by Gasteiger charge is 2.42. The van der Waals surface area contributed by atoms with Crippen LogP contribution in [-0.2, 0) is 19.1 Å². The molecule has 2 atom stereocenters. The third kappa shape index (κ3) is 5.26. The molecule has 0 aromatic carbocycles. The van der Waals surface area contributed by atoms with Crippen molar-refractivity contribution < 1.29 is 23.5 Å². The first-order chi connectivity index (χ1) is 9.80. The molecule has 1 aliphatic rings. The number of nitrogens with zero attached hydrogens (tertiary/aromatic N) is 1. The standard InChI is InChI=1S/C15H26FNO4/c1-5-13(18)20-8-7-17-12(16)9-11(10-15(17,3)4)21-14(19)6-2/h11-12H,5-10H2,1-4H3. The van der Waals surface area contributed by atoms with Gasteiger partial charge in [0, 0.05) is 37.8 Å². The van der Waals surface area contributed by atoms with E-state index in [9.17, 15) is 14.0 Å². The summed E-state index contributed by atoms with van der Waals surface area (Å²) in [5.74, 6) is -0.580. The Bertz CT molecular complexity index is 373. The fourth-order valence-electron chi connectivity index (χ4n) is 2.64. The quantitative estimate of drug-likeness (QED) is 0.557. The van der Waals surface area contributed by atoms with Crippen LogP contribution < -0.4 is 0 Å². The van der Waals surface area contributed by atoms with E-state index in [0.717, 1.165) is 0 Å². The Balaban J connectivity index is 2.55. The molecule has 6 heteroatoms. The third-order valence-electron chi connectivity index (χ3n) is 3.77. The topological polar surface area (TPSA) is 55.8 Å². The molecule has 21 heavy (non-hydrogen) atoms. The molecule has 5 nitrogen and oxygen atoms in total. The summed E-state index contributed by atoms with van der Waals surface area (Å²) in [6, 6.07) is 0. The molecule has 0 radical (unpaired) electrons. The molecule has 122 valence electrons. The summed E-state index contributed by atoms with van der Waals surface area (Å²) < 4.78 is 24.6. The molecule has 1 heterocycles. The van der Waals surface area contributed by atoms with Crippen molar-refractivity contribution in [2.45, 2.75) is 71.3 Å². The second-order valence-corrected chi connectivity index (χ2v) is 5.92. The van der Waals surface area contributed by atoms with Crippen LogP contribution in [-0.4, -0.2) is 47.9 Å². The Morgan fingerprint density at radius 2 is 1.86 bits per heavy atom. The molecule has 0 aromatic rings. The summed E-state index contributed by atoms with van der Waals surface area (Å²) in [7, 11) is 0. The van der Waals surface area contributed by atoms with Crippen LogP contribution in [0.4, 0.5) is 4.39 Å². The van der Waals surface area contributed by atoms with Crippen molar-refractivity contribution in [3.05, 3.63) is 0 Å². The highest BCUT2D eigenvalue weighted by molar-refractivity contribution is 5.69. The normalized spacial score (nSPS) is 25.4. The Kier molecular flexibility index (Phi) is 6.58. The zero-order chi connectivity index (χ0) is 16.0. The minimum atomic E-state index is -1.20. The van der Waals surface area contributed by atoms with Gasteiger partial charge in [-0.05, 0) is 13.8 Å². The van der Waals surface area contributed by atoms with Crippen molar-refractivity contribution in [1.29, 1.82) is 0 Å². The van der Waals surface area contributed by atoms with Gasteiger partial charge in [-0.1, -0.05) is 13.8 Å². The number of hydrogen-bond acceptors (Lipinski definition) is 5. The van der Waals surface area contributed by atoms with Crippen molar-refractivity contribution in [3.8, 4) is 0 Å². The van der Waals surface area contributed by atoms with Crippen LogP contribution in [0.1, 0.15) is 53.4 Å². The maximum Gasteiger partial charge on any atom is 0.305 e. The lowest BCUT2D eigenvalue weighted by Gasteiger charge is -2.46. The van der Waals surface area contributed by atoms with Gasteiger partial charge in [0.25, 0.3) is 0 Å². The number of carbonyl (C=O) groups excluding carboxylic acids is 2. The first-order valence-corrected chi connectivity index (χ1v) is 7.56. The van der Waals surface area contributed by atoms with Gasteiger partial charge in [0.05, 0.1) is 0 Å². The van der Waals surface area contributed by atoms with Crippen LogP contribution in [0.5, 0.6) is 0 Å². The molecule has 0 aliphatic carbocycles. The molecule has 2 unspecified atom stereocenters. The van der Waals surface area contributed by atoms with Gasteiger partial charge in [-0.2, -0.15) is 0 Å².